The molecule has 0 bridgehead atoms. The van der Waals surface area contributed by atoms with Gasteiger partial charge in [0.05, 0.1) is 16.6 Å². The summed E-state index contributed by atoms with van der Waals surface area (Å²) >= 11 is 6.07. The molecule has 1 atom stereocenters. The average molecular weight is 499 g/mol. The van der Waals surface area contributed by atoms with Crippen molar-refractivity contribution < 1.29 is 19.5 Å². The number of carboxylic acid groups (broad SMARTS) is 1. The van der Waals surface area contributed by atoms with Crippen LogP contribution in [0.2, 0.25) is 5.02 Å². The van der Waals surface area contributed by atoms with Crippen molar-refractivity contribution in [3.05, 3.63) is 119 Å². The normalized spacial score (nSPS) is 11.4. The number of carbonyl (C=O) groups excluding carboxylic acids is 2. The zero-order chi connectivity index (χ0) is 25.5. The molecule has 0 radical (unpaired) electrons. The summed E-state index contributed by atoms with van der Waals surface area (Å²) in [7, 11) is 0. The van der Waals surface area contributed by atoms with Crippen molar-refractivity contribution in [2.75, 3.05) is 10.6 Å². The molecule has 4 aromatic carbocycles. The maximum Gasteiger partial charge on any atom is 0.323 e. The smallest absolute Gasteiger partial charge is 0.323 e. The number of Topliss-reactive ketones (excluding diaryl/α,β-unsaturated/α-hetero) is 1. The quantitative estimate of drug-likeness (QED) is 0.226. The third-order valence-electron chi connectivity index (χ3n) is 5.69. The van der Waals surface area contributed by atoms with Gasteiger partial charge in [0, 0.05) is 17.7 Å². The standard InChI is InChI=1S/C29H23ClN2O4/c30-25-8-4-5-9-26(25)32-29(36)31-23-16-14-20(15-17-23)19-10-12-22(13-11-19)27(33)18-24(28(34)35)21-6-2-1-3-7-21/h1-17,24H,18H2,(H,34,35)(H2,31,32,36). The van der Waals surface area contributed by atoms with Crippen molar-refractivity contribution in [2.45, 2.75) is 12.3 Å². The lowest BCUT2D eigenvalue weighted by Crippen LogP contribution is -2.19. The van der Waals surface area contributed by atoms with E-state index in [4.69, 9.17) is 11.6 Å². The van der Waals surface area contributed by atoms with Gasteiger partial charge in [0.25, 0.3) is 0 Å². The number of carboxylic acids is 1. The molecule has 0 saturated carbocycles. The largest absolute Gasteiger partial charge is 0.481 e. The number of aliphatic carboxylic acids is 1. The van der Waals surface area contributed by atoms with Crippen molar-refractivity contribution >= 4 is 40.8 Å². The molecule has 6 nitrogen and oxygen atoms in total. The van der Waals surface area contributed by atoms with Crippen LogP contribution in [-0.2, 0) is 4.79 Å². The van der Waals surface area contributed by atoms with Crippen LogP contribution in [0.3, 0.4) is 0 Å². The Balaban J connectivity index is 1.39. The second-order valence-electron chi connectivity index (χ2n) is 8.14. The molecule has 36 heavy (non-hydrogen) atoms. The van der Waals surface area contributed by atoms with Crippen LogP contribution < -0.4 is 10.6 Å². The molecule has 0 saturated heterocycles. The van der Waals surface area contributed by atoms with Crippen LogP contribution in [0.5, 0.6) is 0 Å². The Morgan fingerprint density at radius 3 is 1.92 bits per heavy atom. The summed E-state index contributed by atoms with van der Waals surface area (Å²) in [6.45, 7) is 0. The number of amides is 2. The Hall–Kier alpha value is -4.42. The van der Waals surface area contributed by atoms with Gasteiger partial charge in [-0.25, -0.2) is 4.79 Å². The van der Waals surface area contributed by atoms with Gasteiger partial charge in [-0.1, -0.05) is 90.5 Å². The Labute approximate surface area is 213 Å². The molecule has 0 aliphatic heterocycles. The third-order valence-corrected chi connectivity index (χ3v) is 6.02. The molecule has 2 amide bonds. The number of benzene rings is 4. The van der Waals surface area contributed by atoms with Gasteiger partial charge in [-0.15, -0.1) is 0 Å². The van der Waals surface area contributed by atoms with Crippen LogP contribution in [0.25, 0.3) is 11.1 Å². The number of nitrogens with one attached hydrogen (secondary N) is 2. The molecule has 0 heterocycles. The van der Waals surface area contributed by atoms with Crippen LogP contribution in [0.15, 0.2) is 103 Å². The number of hydrogen-bond acceptors (Lipinski definition) is 3. The summed E-state index contributed by atoms with van der Waals surface area (Å²) in [6.07, 6.45) is -0.116. The molecule has 180 valence electrons. The maximum absolute atomic E-state index is 12.8. The first kappa shape index (κ1) is 24.7. The van der Waals surface area contributed by atoms with Crippen molar-refractivity contribution in [3.63, 3.8) is 0 Å². The first-order valence-electron chi connectivity index (χ1n) is 11.2. The highest BCUT2D eigenvalue weighted by molar-refractivity contribution is 6.33. The Bertz CT molecular complexity index is 1370. The van der Waals surface area contributed by atoms with Gasteiger partial charge in [-0.2, -0.15) is 0 Å². The summed E-state index contributed by atoms with van der Waals surface area (Å²) < 4.78 is 0. The van der Waals surface area contributed by atoms with E-state index in [9.17, 15) is 19.5 Å². The number of hydrogen-bond donors (Lipinski definition) is 3. The Morgan fingerprint density at radius 2 is 1.31 bits per heavy atom. The van der Waals surface area contributed by atoms with Crippen molar-refractivity contribution in [1.29, 1.82) is 0 Å². The fourth-order valence-corrected chi connectivity index (χ4v) is 3.96. The van der Waals surface area contributed by atoms with Crippen LogP contribution in [0.4, 0.5) is 16.2 Å². The second-order valence-corrected chi connectivity index (χ2v) is 8.55. The highest BCUT2D eigenvalue weighted by Gasteiger charge is 2.23. The maximum atomic E-state index is 12.8. The molecule has 0 aliphatic carbocycles. The highest BCUT2D eigenvalue weighted by Crippen LogP contribution is 2.26. The minimum Gasteiger partial charge on any atom is -0.481 e. The van der Waals surface area contributed by atoms with E-state index >= 15 is 0 Å². The third kappa shape index (κ3) is 6.17. The molecule has 0 aliphatic rings. The van der Waals surface area contributed by atoms with E-state index in [1.54, 1.807) is 78.9 Å². The van der Waals surface area contributed by atoms with Crippen LogP contribution >= 0.6 is 11.6 Å². The summed E-state index contributed by atoms with van der Waals surface area (Å²) in [5, 5.41) is 15.5. The summed E-state index contributed by atoms with van der Waals surface area (Å²) in [5.41, 5.74) is 3.96. The van der Waals surface area contributed by atoms with E-state index in [1.807, 2.05) is 24.3 Å². The van der Waals surface area contributed by atoms with Gasteiger partial charge in [0.2, 0.25) is 0 Å². The average Bonchev–Trinajstić information content (AvgIpc) is 2.89. The van der Waals surface area contributed by atoms with E-state index in [2.05, 4.69) is 10.6 Å². The molecule has 0 fully saturated rings. The van der Waals surface area contributed by atoms with E-state index in [1.165, 1.54) is 0 Å². The van der Waals surface area contributed by atoms with Gasteiger partial charge in [0.15, 0.2) is 5.78 Å². The number of urea groups is 1. The van der Waals surface area contributed by atoms with Crippen molar-refractivity contribution in [3.8, 4) is 11.1 Å². The minimum atomic E-state index is -1.03. The minimum absolute atomic E-state index is 0.116. The van der Waals surface area contributed by atoms with Crippen molar-refractivity contribution in [1.82, 2.24) is 0 Å². The molecular formula is C29H23ClN2O4. The lowest BCUT2D eigenvalue weighted by atomic mass is 9.91. The molecule has 0 aromatic heterocycles. The Morgan fingerprint density at radius 1 is 0.722 bits per heavy atom. The molecule has 0 spiro atoms. The van der Waals surface area contributed by atoms with E-state index in [0.717, 1.165) is 11.1 Å². The molecular weight excluding hydrogens is 476 g/mol. The topological polar surface area (TPSA) is 95.5 Å². The zero-order valence-corrected chi connectivity index (χ0v) is 19.9. The Kier molecular flexibility index (Phi) is 7.78. The molecule has 7 heteroatoms. The summed E-state index contributed by atoms with van der Waals surface area (Å²) in [6, 6.07) is 29.6. The van der Waals surface area contributed by atoms with E-state index in [-0.39, 0.29) is 12.2 Å². The van der Waals surface area contributed by atoms with Gasteiger partial charge in [-0.05, 0) is 41.0 Å². The lowest BCUT2D eigenvalue weighted by Gasteiger charge is -2.12. The number of ketones is 1. The SMILES string of the molecule is O=C(Nc1ccc(-c2ccc(C(=O)CC(C(=O)O)c3ccccc3)cc2)cc1)Nc1ccccc1Cl. The van der Waals surface area contributed by atoms with E-state index in [0.29, 0.717) is 27.5 Å². The monoisotopic (exact) mass is 498 g/mol. The summed E-state index contributed by atoms with van der Waals surface area (Å²) in [5.74, 6) is -2.16. The van der Waals surface area contributed by atoms with Gasteiger partial charge >= 0.3 is 12.0 Å². The predicted octanol–water partition coefficient (Wildman–Crippen LogP) is 7.09. The first-order chi connectivity index (χ1) is 17.4. The second kappa shape index (κ2) is 11.3. The number of rotatable bonds is 8. The summed E-state index contributed by atoms with van der Waals surface area (Å²) in [4.78, 5) is 36.7. The van der Waals surface area contributed by atoms with Crippen molar-refractivity contribution in [2.24, 2.45) is 0 Å². The van der Waals surface area contributed by atoms with Gasteiger partial charge in [-0.3, -0.25) is 9.59 Å². The molecule has 1 unspecified atom stereocenters. The fourth-order valence-electron chi connectivity index (χ4n) is 3.78. The number of anilines is 2. The van der Waals surface area contributed by atoms with E-state index < -0.39 is 17.9 Å². The van der Waals surface area contributed by atoms with Crippen LogP contribution in [0, 0.1) is 0 Å². The highest BCUT2D eigenvalue weighted by atomic mass is 35.5. The van der Waals surface area contributed by atoms with Crippen LogP contribution in [-0.4, -0.2) is 22.9 Å². The van der Waals surface area contributed by atoms with Gasteiger partial charge in [0.1, 0.15) is 0 Å². The number of para-hydroxylation sites is 1. The number of carbonyl (C=O) groups is 3. The number of halogens is 1. The van der Waals surface area contributed by atoms with Crippen LogP contribution in [0.1, 0.15) is 28.3 Å². The predicted molar refractivity (Wildman–Crippen MR) is 142 cm³/mol. The first-order valence-corrected chi connectivity index (χ1v) is 11.6. The molecule has 3 N–H and O–H groups in total. The zero-order valence-electron chi connectivity index (χ0n) is 19.1. The molecule has 4 aromatic rings. The lowest BCUT2D eigenvalue weighted by molar-refractivity contribution is -0.138. The fraction of sp³-hybridized carbons (Fsp3) is 0.0690. The molecule has 4 rings (SSSR count). The van der Waals surface area contributed by atoms with Gasteiger partial charge < -0.3 is 15.7 Å².